The average molecular weight is 370 g/mol. The third-order valence-corrected chi connectivity index (χ3v) is 4.92. The summed E-state index contributed by atoms with van der Waals surface area (Å²) >= 11 is 7.06. The Balaban J connectivity index is 2.49. The Bertz CT molecular complexity index is 615. The van der Waals surface area contributed by atoms with Crippen molar-refractivity contribution in [3.05, 3.63) is 23.5 Å². The molecule has 128 valence electrons. The molecule has 23 heavy (non-hydrogen) atoms. The summed E-state index contributed by atoms with van der Waals surface area (Å²) in [5, 5.41) is 9.64. The normalized spacial score (nSPS) is 21.5. The number of aliphatic imine (C=N–C) groups is 1. The number of nitrogens with zero attached hydrogens (tertiary/aromatic N) is 2. The van der Waals surface area contributed by atoms with Gasteiger partial charge >= 0.3 is 6.18 Å². The SMILES string of the molecule is COc1ccc(C(O)(CN)C(F)(F)F)nc1C1CCN=C(Cl)S1. The number of ether oxygens (including phenoxy) is 1. The van der Waals surface area contributed by atoms with Crippen molar-refractivity contribution < 1.29 is 23.0 Å². The van der Waals surface area contributed by atoms with Gasteiger partial charge < -0.3 is 15.6 Å². The smallest absolute Gasteiger partial charge is 0.424 e. The second-order valence-corrected chi connectivity index (χ2v) is 6.65. The number of rotatable bonds is 4. The average Bonchev–Trinajstić information content (AvgIpc) is 2.52. The highest BCUT2D eigenvalue weighted by molar-refractivity contribution is 8.17. The van der Waals surface area contributed by atoms with Crippen LogP contribution in [0.4, 0.5) is 13.2 Å². The van der Waals surface area contributed by atoms with Gasteiger partial charge in [0.05, 0.1) is 23.7 Å². The first-order valence-corrected chi connectivity index (χ1v) is 7.90. The van der Waals surface area contributed by atoms with Gasteiger partial charge in [0.15, 0.2) is 4.50 Å². The Morgan fingerprint density at radius 1 is 1.48 bits per heavy atom. The lowest BCUT2D eigenvalue weighted by atomic mass is 9.97. The van der Waals surface area contributed by atoms with Crippen LogP contribution in [0.5, 0.6) is 5.75 Å². The van der Waals surface area contributed by atoms with E-state index in [1.165, 1.54) is 24.9 Å². The third kappa shape index (κ3) is 3.57. The minimum absolute atomic E-state index is 0.277. The molecule has 0 radical (unpaired) electrons. The fourth-order valence-corrected chi connectivity index (χ4v) is 3.45. The molecule has 0 saturated heterocycles. The van der Waals surface area contributed by atoms with Crippen molar-refractivity contribution in [3.63, 3.8) is 0 Å². The zero-order valence-electron chi connectivity index (χ0n) is 12.1. The number of hydrogen-bond donors (Lipinski definition) is 2. The van der Waals surface area contributed by atoms with Crippen molar-refractivity contribution >= 4 is 27.9 Å². The fourth-order valence-electron chi connectivity index (χ4n) is 2.14. The zero-order chi connectivity index (χ0) is 17.3. The van der Waals surface area contributed by atoms with E-state index in [4.69, 9.17) is 22.1 Å². The second-order valence-electron chi connectivity index (χ2n) is 4.88. The van der Waals surface area contributed by atoms with Gasteiger partial charge in [-0.1, -0.05) is 23.4 Å². The first kappa shape index (κ1) is 18.3. The van der Waals surface area contributed by atoms with E-state index in [0.29, 0.717) is 23.2 Å². The van der Waals surface area contributed by atoms with Crippen molar-refractivity contribution in [1.29, 1.82) is 0 Å². The highest BCUT2D eigenvalue weighted by Gasteiger charge is 2.55. The van der Waals surface area contributed by atoms with E-state index >= 15 is 0 Å². The summed E-state index contributed by atoms with van der Waals surface area (Å²) < 4.78 is 45.0. The predicted molar refractivity (Wildman–Crippen MR) is 82.9 cm³/mol. The second kappa shape index (κ2) is 6.84. The van der Waals surface area contributed by atoms with E-state index < -0.39 is 24.0 Å². The van der Waals surface area contributed by atoms with Crippen LogP contribution in [-0.4, -0.2) is 41.0 Å². The minimum Gasteiger partial charge on any atom is -0.495 e. The topological polar surface area (TPSA) is 80.7 Å². The standard InChI is InChI=1S/C13H15ClF3N3O2S/c1-22-7-2-3-9(12(21,6-18)13(15,16)17)20-10(7)8-4-5-19-11(14)23-8/h2-3,8,21H,4-6,18H2,1H3. The summed E-state index contributed by atoms with van der Waals surface area (Å²) in [5.74, 6) is 0.319. The number of aliphatic hydroxyl groups is 1. The fraction of sp³-hybridized carbons (Fsp3) is 0.538. The molecule has 3 N–H and O–H groups in total. The number of methoxy groups -OCH3 is 1. The molecule has 0 aliphatic carbocycles. The summed E-state index contributed by atoms with van der Waals surface area (Å²) in [6.45, 7) is -0.596. The monoisotopic (exact) mass is 369 g/mol. The Morgan fingerprint density at radius 2 is 2.17 bits per heavy atom. The predicted octanol–water partition coefficient (Wildman–Crippen LogP) is 2.57. The van der Waals surface area contributed by atoms with E-state index in [0.717, 1.165) is 6.07 Å². The van der Waals surface area contributed by atoms with Crippen LogP contribution in [0.25, 0.3) is 0 Å². The number of aromatic nitrogens is 1. The van der Waals surface area contributed by atoms with Gasteiger partial charge in [-0.15, -0.1) is 0 Å². The van der Waals surface area contributed by atoms with Gasteiger partial charge in [0.1, 0.15) is 5.75 Å². The molecule has 0 amide bonds. The van der Waals surface area contributed by atoms with Crippen LogP contribution in [0.3, 0.4) is 0 Å². The summed E-state index contributed by atoms with van der Waals surface area (Å²) in [7, 11) is 1.39. The van der Waals surface area contributed by atoms with Crippen LogP contribution < -0.4 is 10.5 Å². The Kier molecular flexibility index (Phi) is 5.44. The number of nitrogens with two attached hydrogens (primary N) is 1. The van der Waals surface area contributed by atoms with Gasteiger partial charge in [-0.05, 0) is 18.6 Å². The van der Waals surface area contributed by atoms with Crippen molar-refractivity contribution in [3.8, 4) is 5.75 Å². The molecule has 2 unspecified atom stereocenters. The van der Waals surface area contributed by atoms with Crippen LogP contribution in [0.2, 0.25) is 0 Å². The van der Waals surface area contributed by atoms with E-state index in [2.05, 4.69) is 9.98 Å². The number of hydrogen-bond acceptors (Lipinski definition) is 6. The van der Waals surface area contributed by atoms with Crippen LogP contribution in [0, 0.1) is 0 Å². The number of pyridine rings is 1. The lowest BCUT2D eigenvalue weighted by Gasteiger charge is -2.30. The van der Waals surface area contributed by atoms with Gasteiger partial charge in [0, 0.05) is 13.1 Å². The summed E-state index contributed by atoms with van der Waals surface area (Å²) in [6, 6.07) is 2.40. The molecule has 0 saturated carbocycles. The van der Waals surface area contributed by atoms with Crippen LogP contribution in [0.15, 0.2) is 17.1 Å². The number of alkyl halides is 3. The molecule has 0 spiro atoms. The molecular formula is C13H15ClF3N3O2S. The summed E-state index contributed by atoms with van der Waals surface area (Å²) in [6.07, 6.45) is -4.40. The van der Waals surface area contributed by atoms with Gasteiger partial charge in [-0.25, -0.2) is 4.98 Å². The van der Waals surface area contributed by atoms with Crippen molar-refractivity contribution in [2.75, 3.05) is 20.2 Å². The highest BCUT2D eigenvalue weighted by atomic mass is 35.5. The molecule has 0 bridgehead atoms. The molecule has 0 fully saturated rings. The molecule has 1 aliphatic heterocycles. The van der Waals surface area contributed by atoms with Crippen molar-refractivity contribution in [1.82, 2.24) is 4.98 Å². The van der Waals surface area contributed by atoms with Crippen molar-refractivity contribution in [2.24, 2.45) is 10.7 Å². The maximum Gasteiger partial charge on any atom is 0.424 e. The van der Waals surface area contributed by atoms with Crippen LogP contribution in [-0.2, 0) is 5.60 Å². The first-order chi connectivity index (χ1) is 10.7. The highest BCUT2D eigenvalue weighted by Crippen LogP contribution is 2.43. The van der Waals surface area contributed by atoms with E-state index in [-0.39, 0.29) is 10.9 Å². The molecule has 2 atom stereocenters. The lowest BCUT2D eigenvalue weighted by Crippen LogP contribution is -2.49. The summed E-state index contributed by atoms with van der Waals surface area (Å²) in [5.41, 5.74) is 1.65. The Labute approximate surface area is 140 Å². The Hall–Kier alpha value is -1.03. The third-order valence-electron chi connectivity index (χ3n) is 3.47. The molecule has 2 heterocycles. The maximum absolute atomic E-state index is 13.2. The maximum atomic E-state index is 13.2. The van der Waals surface area contributed by atoms with Gasteiger partial charge in [0.2, 0.25) is 5.60 Å². The van der Waals surface area contributed by atoms with Gasteiger partial charge in [0.25, 0.3) is 0 Å². The summed E-state index contributed by atoms with van der Waals surface area (Å²) in [4.78, 5) is 8.02. The van der Waals surface area contributed by atoms with E-state index in [1.807, 2.05) is 0 Å². The molecule has 1 aromatic heterocycles. The first-order valence-electron chi connectivity index (χ1n) is 6.64. The molecule has 10 heteroatoms. The number of halogens is 4. The molecule has 1 aromatic rings. The Morgan fingerprint density at radius 3 is 2.70 bits per heavy atom. The zero-order valence-corrected chi connectivity index (χ0v) is 13.7. The molecule has 0 aromatic carbocycles. The van der Waals surface area contributed by atoms with E-state index in [9.17, 15) is 18.3 Å². The van der Waals surface area contributed by atoms with Crippen LogP contribution >= 0.6 is 23.4 Å². The minimum atomic E-state index is -4.95. The van der Waals surface area contributed by atoms with Gasteiger partial charge in [-0.3, -0.25) is 4.99 Å². The van der Waals surface area contributed by atoms with Crippen LogP contribution in [0.1, 0.15) is 23.1 Å². The van der Waals surface area contributed by atoms with Crippen molar-refractivity contribution in [2.45, 2.75) is 23.4 Å². The molecular weight excluding hydrogens is 355 g/mol. The van der Waals surface area contributed by atoms with Gasteiger partial charge in [-0.2, -0.15) is 13.2 Å². The lowest BCUT2D eigenvalue weighted by molar-refractivity contribution is -0.263. The molecule has 2 rings (SSSR count). The number of thioether (sulfide) groups is 1. The molecule has 5 nitrogen and oxygen atoms in total. The molecule has 1 aliphatic rings. The largest absolute Gasteiger partial charge is 0.495 e. The quantitative estimate of drug-likeness (QED) is 0.852. The van der Waals surface area contributed by atoms with E-state index in [1.54, 1.807) is 0 Å².